The highest BCUT2D eigenvalue weighted by Crippen LogP contribution is 2.08. The molecule has 1 aliphatic rings. The monoisotopic (exact) mass is 208 g/mol. The number of aromatic nitrogens is 2. The molecule has 15 heavy (non-hydrogen) atoms. The maximum Gasteiger partial charge on any atom is 0.0618 e. The van der Waals surface area contributed by atoms with Gasteiger partial charge in [-0.3, -0.25) is 9.58 Å². The molecule has 0 spiro atoms. The topological polar surface area (TPSA) is 33.1 Å². The lowest BCUT2D eigenvalue weighted by molar-refractivity contribution is 0.207. The smallest absolute Gasteiger partial charge is 0.0618 e. The fourth-order valence-corrected chi connectivity index (χ4v) is 2.03. The van der Waals surface area contributed by atoms with Gasteiger partial charge in [0, 0.05) is 38.9 Å². The zero-order chi connectivity index (χ0) is 10.7. The summed E-state index contributed by atoms with van der Waals surface area (Å²) in [6, 6.07) is 0.469. The summed E-state index contributed by atoms with van der Waals surface area (Å²) in [5, 5.41) is 7.72. The van der Waals surface area contributed by atoms with E-state index in [1.54, 1.807) is 0 Å². The normalized spacial score (nSPS) is 20.4. The molecule has 2 heterocycles. The van der Waals surface area contributed by atoms with Gasteiger partial charge in [0.15, 0.2) is 0 Å². The van der Waals surface area contributed by atoms with Crippen molar-refractivity contribution in [2.45, 2.75) is 19.9 Å². The molecule has 1 atom stereocenters. The van der Waals surface area contributed by atoms with E-state index in [4.69, 9.17) is 0 Å². The molecule has 84 valence electrons. The Bertz CT molecular complexity index is 301. The van der Waals surface area contributed by atoms with E-state index in [2.05, 4.69) is 40.0 Å². The van der Waals surface area contributed by atoms with Gasteiger partial charge in [-0.2, -0.15) is 5.10 Å². The molecule has 1 saturated heterocycles. The van der Waals surface area contributed by atoms with E-state index in [0.29, 0.717) is 6.04 Å². The van der Waals surface area contributed by atoms with Crippen molar-refractivity contribution in [3.8, 4) is 0 Å². The van der Waals surface area contributed by atoms with Crippen LogP contribution in [0.25, 0.3) is 0 Å². The average molecular weight is 208 g/mol. The molecule has 1 N–H and O–H groups in total. The molecule has 1 aromatic rings. The van der Waals surface area contributed by atoms with Gasteiger partial charge in [-0.15, -0.1) is 0 Å². The predicted octanol–water partition coefficient (Wildman–Crippen LogP) is 0.658. The van der Waals surface area contributed by atoms with Crippen LogP contribution >= 0.6 is 0 Å². The zero-order valence-electron chi connectivity index (χ0n) is 9.61. The molecule has 0 aromatic carbocycles. The van der Waals surface area contributed by atoms with Crippen LogP contribution in [-0.4, -0.2) is 47.4 Å². The Balaban J connectivity index is 1.88. The molecule has 1 aromatic heterocycles. The Hall–Kier alpha value is -0.870. The largest absolute Gasteiger partial charge is 0.314 e. The lowest BCUT2D eigenvalue weighted by atomic mass is 10.2. The second-order valence-corrected chi connectivity index (χ2v) is 4.40. The van der Waals surface area contributed by atoms with Gasteiger partial charge in [-0.1, -0.05) is 0 Å². The molecular formula is C11H20N4. The lowest BCUT2D eigenvalue weighted by Crippen LogP contribution is -2.45. The van der Waals surface area contributed by atoms with Crippen molar-refractivity contribution < 1.29 is 0 Å². The van der Waals surface area contributed by atoms with Gasteiger partial charge in [0.1, 0.15) is 0 Å². The van der Waals surface area contributed by atoms with Crippen LogP contribution < -0.4 is 5.32 Å². The molecule has 1 unspecified atom stereocenters. The highest BCUT2D eigenvalue weighted by molar-refractivity contribution is 5.00. The number of hydrogen-bond acceptors (Lipinski definition) is 3. The summed E-state index contributed by atoms with van der Waals surface area (Å²) >= 11 is 0. The van der Waals surface area contributed by atoms with Crippen LogP contribution in [0.4, 0.5) is 0 Å². The van der Waals surface area contributed by atoms with Gasteiger partial charge in [0.05, 0.1) is 12.2 Å². The van der Waals surface area contributed by atoms with Crippen molar-refractivity contribution in [1.82, 2.24) is 20.0 Å². The van der Waals surface area contributed by atoms with Gasteiger partial charge < -0.3 is 5.32 Å². The maximum absolute atomic E-state index is 4.36. The number of hydrogen-bond donors (Lipinski definition) is 1. The van der Waals surface area contributed by atoms with Crippen molar-refractivity contribution in [3.63, 3.8) is 0 Å². The number of nitrogens with zero attached hydrogens (tertiary/aromatic N) is 3. The average Bonchev–Trinajstić information content (AvgIpc) is 2.66. The molecule has 2 rings (SSSR count). The first-order chi connectivity index (χ1) is 7.25. The standard InChI is InChI=1S/C11H20N4/c1-10-7-13-15(8-10)11(2)9-14-5-3-12-4-6-14/h7-8,11-12H,3-6,9H2,1-2H3. The highest BCUT2D eigenvalue weighted by Gasteiger charge is 2.14. The second kappa shape index (κ2) is 4.77. The summed E-state index contributed by atoms with van der Waals surface area (Å²) in [7, 11) is 0. The van der Waals surface area contributed by atoms with Crippen molar-refractivity contribution >= 4 is 0 Å². The van der Waals surface area contributed by atoms with Crippen molar-refractivity contribution in [2.75, 3.05) is 32.7 Å². The molecule has 0 saturated carbocycles. The first-order valence-corrected chi connectivity index (χ1v) is 5.69. The molecule has 0 radical (unpaired) electrons. The van der Waals surface area contributed by atoms with Gasteiger partial charge in [0.2, 0.25) is 0 Å². The SMILES string of the molecule is Cc1cnn(C(C)CN2CCNCC2)c1. The van der Waals surface area contributed by atoms with E-state index < -0.39 is 0 Å². The van der Waals surface area contributed by atoms with Gasteiger partial charge in [-0.05, 0) is 19.4 Å². The zero-order valence-corrected chi connectivity index (χ0v) is 9.61. The molecule has 1 fully saturated rings. The first kappa shape index (κ1) is 10.6. The second-order valence-electron chi connectivity index (χ2n) is 4.40. The van der Waals surface area contributed by atoms with E-state index in [1.807, 2.05) is 6.20 Å². The molecule has 4 nitrogen and oxygen atoms in total. The first-order valence-electron chi connectivity index (χ1n) is 5.69. The summed E-state index contributed by atoms with van der Waals surface area (Å²) in [6.45, 7) is 9.96. The fourth-order valence-electron chi connectivity index (χ4n) is 2.03. The number of aryl methyl sites for hydroxylation is 1. The minimum atomic E-state index is 0.469. The van der Waals surface area contributed by atoms with Crippen LogP contribution in [0.1, 0.15) is 18.5 Å². The van der Waals surface area contributed by atoms with Crippen LogP contribution in [0.15, 0.2) is 12.4 Å². The van der Waals surface area contributed by atoms with E-state index in [-0.39, 0.29) is 0 Å². The van der Waals surface area contributed by atoms with E-state index >= 15 is 0 Å². The molecule has 1 aliphatic heterocycles. The summed E-state index contributed by atoms with van der Waals surface area (Å²) in [6.07, 6.45) is 4.04. The number of piperazine rings is 1. The molecule has 0 aliphatic carbocycles. The van der Waals surface area contributed by atoms with Gasteiger partial charge in [-0.25, -0.2) is 0 Å². The lowest BCUT2D eigenvalue weighted by Gasteiger charge is -2.29. The Kier molecular flexibility index (Phi) is 3.38. The molecule has 0 bridgehead atoms. The maximum atomic E-state index is 4.36. The molecular weight excluding hydrogens is 188 g/mol. The quantitative estimate of drug-likeness (QED) is 0.792. The predicted molar refractivity (Wildman–Crippen MR) is 61.0 cm³/mol. The number of rotatable bonds is 3. The van der Waals surface area contributed by atoms with Crippen LogP contribution in [0.3, 0.4) is 0 Å². The van der Waals surface area contributed by atoms with Crippen LogP contribution in [0.2, 0.25) is 0 Å². The van der Waals surface area contributed by atoms with Crippen LogP contribution in [0.5, 0.6) is 0 Å². The van der Waals surface area contributed by atoms with Crippen LogP contribution in [0, 0.1) is 6.92 Å². The Morgan fingerprint density at radius 3 is 2.80 bits per heavy atom. The minimum absolute atomic E-state index is 0.469. The van der Waals surface area contributed by atoms with E-state index in [9.17, 15) is 0 Å². The van der Waals surface area contributed by atoms with E-state index in [0.717, 1.165) is 32.7 Å². The fraction of sp³-hybridized carbons (Fsp3) is 0.727. The Morgan fingerprint density at radius 2 is 2.20 bits per heavy atom. The van der Waals surface area contributed by atoms with Gasteiger partial charge in [0.25, 0.3) is 0 Å². The number of nitrogens with one attached hydrogen (secondary N) is 1. The van der Waals surface area contributed by atoms with E-state index in [1.165, 1.54) is 5.56 Å². The van der Waals surface area contributed by atoms with Gasteiger partial charge >= 0.3 is 0 Å². The Morgan fingerprint density at radius 1 is 1.47 bits per heavy atom. The van der Waals surface area contributed by atoms with Crippen LogP contribution in [-0.2, 0) is 0 Å². The highest BCUT2D eigenvalue weighted by atomic mass is 15.3. The molecule has 0 amide bonds. The third-order valence-corrected chi connectivity index (χ3v) is 2.91. The summed E-state index contributed by atoms with van der Waals surface area (Å²) in [4.78, 5) is 2.50. The third kappa shape index (κ3) is 2.79. The summed E-state index contributed by atoms with van der Waals surface area (Å²) in [5.41, 5.74) is 1.24. The minimum Gasteiger partial charge on any atom is -0.314 e. The summed E-state index contributed by atoms with van der Waals surface area (Å²) in [5.74, 6) is 0. The van der Waals surface area contributed by atoms with Crippen molar-refractivity contribution in [3.05, 3.63) is 18.0 Å². The molecule has 4 heteroatoms. The van der Waals surface area contributed by atoms with Crippen molar-refractivity contribution in [2.24, 2.45) is 0 Å². The third-order valence-electron chi connectivity index (χ3n) is 2.91. The Labute approximate surface area is 91.3 Å². The van der Waals surface area contributed by atoms with Crippen molar-refractivity contribution in [1.29, 1.82) is 0 Å². The summed E-state index contributed by atoms with van der Waals surface area (Å²) < 4.78 is 2.07.